The van der Waals surface area contributed by atoms with Crippen molar-refractivity contribution in [1.29, 1.82) is 0 Å². The van der Waals surface area contributed by atoms with Crippen LogP contribution in [0.3, 0.4) is 0 Å². The van der Waals surface area contributed by atoms with Crippen LogP contribution in [0.2, 0.25) is 5.02 Å². The van der Waals surface area contributed by atoms with Crippen molar-refractivity contribution < 1.29 is 14.3 Å². The Hall–Kier alpha value is -3.31. The molecule has 2 N–H and O–H groups in total. The van der Waals surface area contributed by atoms with Crippen LogP contribution in [0.1, 0.15) is 28.8 Å². The number of carbonyl (C=O) groups excluding carboxylic acids is 2. The van der Waals surface area contributed by atoms with E-state index in [9.17, 15) is 9.59 Å². The summed E-state index contributed by atoms with van der Waals surface area (Å²) in [4.78, 5) is 24.9. The van der Waals surface area contributed by atoms with Gasteiger partial charge in [0.25, 0.3) is 5.91 Å². The largest absolute Gasteiger partial charge is 0.492 e. The van der Waals surface area contributed by atoms with Gasteiger partial charge in [-0.15, -0.1) is 0 Å². The number of carbonyl (C=O) groups is 2. The second-order valence-corrected chi connectivity index (χ2v) is 7.14. The molecule has 0 heterocycles. The fraction of sp³-hybridized carbons (Fsp3) is 0.167. The molecule has 5 nitrogen and oxygen atoms in total. The van der Waals surface area contributed by atoms with Crippen molar-refractivity contribution in [3.05, 3.63) is 88.9 Å². The summed E-state index contributed by atoms with van der Waals surface area (Å²) < 4.78 is 5.60. The van der Waals surface area contributed by atoms with E-state index in [2.05, 4.69) is 10.6 Å². The predicted molar refractivity (Wildman–Crippen MR) is 120 cm³/mol. The third-order valence-electron chi connectivity index (χ3n) is 4.53. The first-order chi connectivity index (χ1) is 14.5. The zero-order chi connectivity index (χ0) is 21.3. The molecule has 0 bridgehead atoms. The van der Waals surface area contributed by atoms with Crippen LogP contribution in [0.5, 0.6) is 5.75 Å². The highest BCUT2D eigenvalue weighted by Crippen LogP contribution is 2.23. The highest BCUT2D eigenvalue weighted by Gasteiger charge is 2.13. The van der Waals surface area contributed by atoms with Gasteiger partial charge >= 0.3 is 0 Å². The number of amides is 2. The molecule has 0 saturated carbocycles. The van der Waals surface area contributed by atoms with Crippen LogP contribution in [0, 0.1) is 6.92 Å². The molecular weight excluding hydrogens is 400 g/mol. The van der Waals surface area contributed by atoms with Crippen LogP contribution in [-0.4, -0.2) is 18.4 Å². The minimum Gasteiger partial charge on any atom is -0.492 e. The first-order valence-electron chi connectivity index (χ1n) is 9.68. The summed E-state index contributed by atoms with van der Waals surface area (Å²) in [6.07, 6.45) is 0.842. The molecule has 0 unspecified atom stereocenters. The monoisotopic (exact) mass is 422 g/mol. The number of hydrogen-bond donors (Lipinski definition) is 2. The van der Waals surface area contributed by atoms with E-state index in [0.717, 1.165) is 5.69 Å². The van der Waals surface area contributed by atoms with Gasteiger partial charge in [0.15, 0.2) is 0 Å². The van der Waals surface area contributed by atoms with Gasteiger partial charge in [0.1, 0.15) is 5.75 Å². The molecular formula is C24H23ClN2O3. The fourth-order valence-corrected chi connectivity index (χ4v) is 3.12. The van der Waals surface area contributed by atoms with Crippen LogP contribution >= 0.6 is 11.6 Å². The molecule has 0 fully saturated rings. The molecule has 0 aliphatic rings. The van der Waals surface area contributed by atoms with E-state index in [0.29, 0.717) is 47.0 Å². The third-order valence-corrected chi connectivity index (χ3v) is 4.84. The molecule has 30 heavy (non-hydrogen) atoms. The maximum absolute atomic E-state index is 12.6. The number of hydrogen-bond acceptors (Lipinski definition) is 3. The summed E-state index contributed by atoms with van der Waals surface area (Å²) in [6.45, 7) is 2.20. The molecule has 0 radical (unpaired) electrons. The maximum atomic E-state index is 12.6. The van der Waals surface area contributed by atoms with Gasteiger partial charge in [0.2, 0.25) is 5.91 Å². The summed E-state index contributed by atoms with van der Waals surface area (Å²) in [7, 11) is 0. The molecule has 0 aliphatic heterocycles. The van der Waals surface area contributed by atoms with Crippen molar-refractivity contribution in [3.8, 4) is 5.75 Å². The van der Waals surface area contributed by atoms with Crippen molar-refractivity contribution in [2.75, 3.05) is 17.2 Å². The van der Waals surface area contributed by atoms with Crippen LogP contribution in [0.4, 0.5) is 11.4 Å². The van der Waals surface area contributed by atoms with E-state index >= 15 is 0 Å². The summed E-state index contributed by atoms with van der Waals surface area (Å²) in [5.41, 5.74) is 2.56. The van der Waals surface area contributed by atoms with Gasteiger partial charge in [-0.1, -0.05) is 48.0 Å². The lowest BCUT2D eigenvalue weighted by atomic mass is 10.1. The number of halogens is 1. The smallest absolute Gasteiger partial charge is 0.256 e. The maximum Gasteiger partial charge on any atom is 0.256 e. The van der Waals surface area contributed by atoms with Gasteiger partial charge in [0.05, 0.1) is 11.6 Å². The topological polar surface area (TPSA) is 67.4 Å². The molecule has 0 aliphatic carbocycles. The minimum absolute atomic E-state index is 0.138. The molecule has 154 valence electrons. The van der Waals surface area contributed by atoms with Gasteiger partial charge in [0, 0.05) is 23.4 Å². The quantitative estimate of drug-likeness (QED) is 0.457. The zero-order valence-electron chi connectivity index (χ0n) is 16.7. The Morgan fingerprint density at radius 2 is 1.63 bits per heavy atom. The van der Waals surface area contributed by atoms with Crippen molar-refractivity contribution in [2.24, 2.45) is 0 Å². The van der Waals surface area contributed by atoms with E-state index in [-0.39, 0.29) is 11.8 Å². The zero-order valence-corrected chi connectivity index (χ0v) is 17.4. The SMILES string of the molecule is Cc1c(NC(=O)CCCOc2ccccc2Cl)cccc1C(=O)Nc1ccccc1. The van der Waals surface area contributed by atoms with Gasteiger partial charge in [-0.2, -0.15) is 0 Å². The molecule has 0 spiro atoms. The predicted octanol–water partition coefficient (Wildman–Crippen LogP) is 5.70. The van der Waals surface area contributed by atoms with Gasteiger partial charge in [-0.3, -0.25) is 9.59 Å². The Balaban J connectivity index is 1.53. The lowest BCUT2D eigenvalue weighted by molar-refractivity contribution is -0.116. The molecule has 3 aromatic rings. The van der Waals surface area contributed by atoms with Gasteiger partial charge in [-0.05, 0) is 55.3 Å². The van der Waals surface area contributed by atoms with Crippen molar-refractivity contribution >= 4 is 34.8 Å². The number of para-hydroxylation sites is 2. The number of rotatable bonds is 8. The Kier molecular flexibility index (Phi) is 7.46. The summed E-state index contributed by atoms with van der Waals surface area (Å²) in [6, 6.07) is 21.7. The second kappa shape index (κ2) is 10.5. The Morgan fingerprint density at radius 3 is 2.40 bits per heavy atom. The Labute approximate surface area is 181 Å². The van der Waals surface area contributed by atoms with E-state index in [4.69, 9.17) is 16.3 Å². The molecule has 6 heteroatoms. The van der Waals surface area contributed by atoms with Gasteiger partial charge in [-0.25, -0.2) is 0 Å². The van der Waals surface area contributed by atoms with E-state index in [1.54, 1.807) is 30.3 Å². The Bertz CT molecular complexity index is 1020. The van der Waals surface area contributed by atoms with Crippen molar-refractivity contribution in [3.63, 3.8) is 0 Å². The van der Waals surface area contributed by atoms with Crippen LogP contribution in [0.15, 0.2) is 72.8 Å². The van der Waals surface area contributed by atoms with E-state index in [1.807, 2.05) is 49.4 Å². The molecule has 3 aromatic carbocycles. The second-order valence-electron chi connectivity index (χ2n) is 6.73. The van der Waals surface area contributed by atoms with Crippen LogP contribution in [-0.2, 0) is 4.79 Å². The highest BCUT2D eigenvalue weighted by molar-refractivity contribution is 6.32. The van der Waals surface area contributed by atoms with E-state index < -0.39 is 0 Å². The number of nitrogens with one attached hydrogen (secondary N) is 2. The average Bonchev–Trinajstić information content (AvgIpc) is 2.74. The summed E-state index contributed by atoms with van der Waals surface area (Å²) in [5.74, 6) is 0.247. The molecule has 0 atom stereocenters. The standard InChI is InChI=1S/C24H23ClN2O3/c1-17-19(24(29)26-18-9-3-2-4-10-18)11-7-13-21(17)27-23(28)15-8-16-30-22-14-6-5-12-20(22)25/h2-7,9-14H,8,15-16H2,1H3,(H,26,29)(H,27,28). The first kappa shape index (κ1) is 21.4. The summed E-state index contributed by atoms with van der Waals surface area (Å²) in [5, 5.41) is 6.29. The van der Waals surface area contributed by atoms with Crippen LogP contribution < -0.4 is 15.4 Å². The first-order valence-corrected chi connectivity index (χ1v) is 10.1. The summed E-state index contributed by atoms with van der Waals surface area (Å²) >= 11 is 6.04. The van der Waals surface area contributed by atoms with Crippen LogP contribution in [0.25, 0.3) is 0 Å². The minimum atomic E-state index is -0.220. The fourth-order valence-electron chi connectivity index (χ4n) is 2.93. The molecule has 2 amide bonds. The normalized spacial score (nSPS) is 10.3. The number of ether oxygens (including phenoxy) is 1. The lowest BCUT2D eigenvalue weighted by Gasteiger charge is -2.13. The molecule has 0 aromatic heterocycles. The third kappa shape index (κ3) is 5.84. The number of anilines is 2. The molecule has 0 saturated heterocycles. The van der Waals surface area contributed by atoms with E-state index in [1.165, 1.54) is 0 Å². The highest BCUT2D eigenvalue weighted by atomic mass is 35.5. The van der Waals surface area contributed by atoms with Crippen molar-refractivity contribution in [2.45, 2.75) is 19.8 Å². The Morgan fingerprint density at radius 1 is 0.900 bits per heavy atom. The number of benzene rings is 3. The molecule has 3 rings (SSSR count). The average molecular weight is 423 g/mol. The lowest BCUT2D eigenvalue weighted by Crippen LogP contribution is -2.17. The van der Waals surface area contributed by atoms with Gasteiger partial charge < -0.3 is 15.4 Å². The van der Waals surface area contributed by atoms with Crippen molar-refractivity contribution in [1.82, 2.24) is 0 Å².